The van der Waals surface area contributed by atoms with E-state index < -0.39 is 49.1 Å². The summed E-state index contributed by atoms with van der Waals surface area (Å²) in [6.07, 6.45) is 1.95. The van der Waals surface area contributed by atoms with Crippen LogP contribution in [0.2, 0.25) is 0 Å². The van der Waals surface area contributed by atoms with E-state index in [1.165, 1.54) is 13.8 Å². The molecule has 0 bridgehead atoms. The van der Waals surface area contributed by atoms with Gasteiger partial charge in [0.25, 0.3) is 6.47 Å². The fraction of sp³-hybridized carbons (Fsp3) is 0.212. The molecule has 0 saturated heterocycles. The van der Waals surface area contributed by atoms with Gasteiger partial charge in [-0.3, -0.25) is 24.0 Å². The lowest BCUT2D eigenvalue weighted by Gasteiger charge is -2.28. The van der Waals surface area contributed by atoms with Crippen LogP contribution in [0.4, 0.5) is 0 Å². The van der Waals surface area contributed by atoms with E-state index in [1.54, 1.807) is 42.5 Å². The Hall–Kier alpha value is -7.73. The number of Topliss-reactive ketones (excluding diaryl/α,β-unsaturated/α-hetero) is 2. The largest absolute Gasteiger partial charge is 0.458 e. The predicted octanol–water partition coefficient (Wildman–Crippen LogP) is 8.82. The molecule has 64 heavy (non-hydrogen) atoms. The average molecular weight is 863 g/mol. The smallest absolute Gasteiger partial charge is 0.333 e. The van der Waals surface area contributed by atoms with E-state index in [-0.39, 0.29) is 47.2 Å². The first-order valence-electron chi connectivity index (χ1n) is 20.5. The molecule has 4 aromatic rings. The Morgan fingerprint density at radius 3 is 1.41 bits per heavy atom. The van der Waals surface area contributed by atoms with E-state index in [9.17, 15) is 33.6 Å². The van der Waals surface area contributed by atoms with Crippen molar-refractivity contribution in [1.82, 2.24) is 0 Å². The van der Waals surface area contributed by atoms with Crippen molar-refractivity contribution < 1.29 is 57.2 Å². The van der Waals surface area contributed by atoms with E-state index in [4.69, 9.17) is 23.7 Å². The Balaban J connectivity index is 1.20. The maximum absolute atomic E-state index is 14.2. The summed E-state index contributed by atoms with van der Waals surface area (Å²) in [4.78, 5) is 88.4. The molecule has 0 radical (unpaired) electrons. The summed E-state index contributed by atoms with van der Waals surface area (Å²) in [5, 5.41) is 0. The van der Waals surface area contributed by atoms with E-state index >= 15 is 0 Å². The molecule has 2 atom stereocenters. The topological polar surface area (TPSA) is 166 Å². The molecule has 0 saturated carbocycles. The van der Waals surface area contributed by atoms with Crippen molar-refractivity contribution in [3.63, 3.8) is 0 Å². The first kappa shape index (κ1) is 45.8. The Bertz CT molecular complexity index is 2610. The Morgan fingerprint density at radius 2 is 0.984 bits per heavy atom. The van der Waals surface area contributed by atoms with Crippen molar-refractivity contribution in [2.75, 3.05) is 13.2 Å². The number of carbonyl (C=O) groups is 7. The monoisotopic (exact) mass is 862 g/mol. The van der Waals surface area contributed by atoms with E-state index in [0.29, 0.717) is 34.5 Å². The van der Waals surface area contributed by atoms with E-state index in [1.807, 2.05) is 80.6 Å². The van der Waals surface area contributed by atoms with Crippen LogP contribution in [0.5, 0.6) is 11.5 Å². The third kappa shape index (κ3) is 10.6. The standard InChI is InChI=1S/C52H46O12/c1-30(2)51(58)60-27-38(28-61-52(59)31(3)4)64-48(55)24-23-47(54)63-37-21-17-35(18-22-37)33(6)44-26-46(40-12-8-10-14-42(40)50(44)57)45-25-43(49(56)41-13-9-7-11-39(41)45)32(5)34-15-19-36(20-16-34)62-29-53/h7-22,25-26,29,32-33,38H,1,3,23-24,27-28H2,2,4-6H3/b46-45+. The number of carbonyl (C=O) groups excluding carboxylic acids is 7. The molecule has 6 rings (SSSR count). The summed E-state index contributed by atoms with van der Waals surface area (Å²) in [6, 6.07) is 28.5. The third-order valence-electron chi connectivity index (χ3n) is 10.8. The zero-order chi connectivity index (χ0) is 46.1. The van der Waals surface area contributed by atoms with Crippen LogP contribution in [0, 0.1) is 0 Å². The van der Waals surface area contributed by atoms with E-state index in [2.05, 4.69) is 13.2 Å². The van der Waals surface area contributed by atoms with Gasteiger partial charge in [-0.1, -0.05) is 99.8 Å². The summed E-state index contributed by atoms with van der Waals surface area (Å²) in [6.45, 7) is 13.3. The number of hydrogen-bond donors (Lipinski definition) is 0. The highest BCUT2D eigenvalue weighted by atomic mass is 16.6. The van der Waals surface area contributed by atoms with Gasteiger partial charge in [0.2, 0.25) is 0 Å². The number of benzene rings is 4. The number of hydrogen-bond acceptors (Lipinski definition) is 12. The number of fused-ring (bicyclic) bond motifs is 2. The number of ether oxygens (including phenoxy) is 5. The first-order valence-corrected chi connectivity index (χ1v) is 20.5. The average Bonchev–Trinajstić information content (AvgIpc) is 3.29. The molecule has 4 aromatic carbocycles. The molecule has 12 heteroatoms. The van der Waals surface area contributed by atoms with Crippen LogP contribution in [-0.4, -0.2) is 61.2 Å². The van der Waals surface area contributed by atoms with Gasteiger partial charge in [0.15, 0.2) is 17.7 Å². The van der Waals surface area contributed by atoms with E-state index in [0.717, 1.165) is 33.4 Å². The predicted molar refractivity (Wildman–Crippen MR) is 237 cm³/mol. The van der Waals surface area contributed by atoms with Crippen LogP contribution in [0.1, 0.15) is 95.3 Å². The molecule has 12 nitrogen and oxygen atoms in total. The fourth-order valence-electron chi connectivity index (χ4n) is 7.24. The molecule has 0 spiro atoms. The lowest BCUT2D eigenvalue weighted by Crippen LogP contribution is -2.31. The van der Waals surface area contributed by atoms with Crippen LogP contribution < -0.4 is 9.47 Å². The van der Waals surface area contributed by atoms with Gasteiger partial charge in [0.05, 0.1) is 12.8 Å². The van der Waals surface area contributed by atoms with Crippen molar-refractivity contribution >= 4 is 53.1 Å². The van der Waals surface area contributed by atoms with Crippen molar-refractivity contribution in [3.05, 3.63) is 178 Å². The molecule has 0 fully saturated rings. The van der Waals surface area contributed by atoms with Gasteiger partial charge in [-0.2, -0.15) is 0 Å². The zero-order valence-electron chi connectivity index (χ0n) is 35.8. The molecule has 2 aliphatic rings. The molecule has 0 N–H and O–H groups in total. The minimum atomic E-state index is -1.14. The summed E-state index contributed by atoms with van der Waals surface area (Å²) in [5.74, 6) is -3.36. The minimum absolute atomic E-state index is 0.106. The zero-order valence-corrected chi connectivity index (χ0v) is 35.8. The fourth-order valence-corrected chi connectivity index (χ4v) is 7.24. The van der Waals surface area contributed by atoms with Crippen molar-refractivity contribution in [1.29, 1.82) is 0 Å². The Kier molecular flexibility index (Phi) is 14.6. The molecule has 326 valence electrons. The molecule has 2 unspecified atom stereocenters. The molecule has 0 heterocycles. The van der Waals surface area contributed by atoms with Crippen LogP contribution in [0.15, 0.2) is 145 Å². The minimum Gasteiger partial charge on any atom is -0.458 e. The third-order valence-corrected chi connectivity index (χ3v) is 10.8. The van der Waals surface area contributed by atoms with Gasteiger partial charge in [0.1, 0.15) is 24.7 Å². The molecular formula is C52H46O12. The van der Waals surface area contributed by atoms with Crippen molar-refractivity contribution in [2.24, 2.45) is 0 Å². The van der Waals surface area contributed by atoms with Gasteiger partial charge in [-0.15, -0.1) is 0 Å². The Morgan fingerprint density at radius 1 is 0.578 bits per heavy atom. The van der Waals surface area contributed by atoms with Gasteiger partial charge in [0, 0.05) is 45.3 Å². The quantitative estimate of drug-likeness (QED) is 0.0326. The summed E-state index contributed by atoms with van der Waals surface area (Å²) < 4.78 is 25.9. The van der Waals surface area contributed by atoms with Crippen LogP contribution in [0.25, 0.3) is 11.1 Å². The van der Waals surface area contributed by atoms with Crippen LogP contribution in [-0.2, 0) is 38.2 Å². The lowest BCUT2D eigenvalue weighted by atomic mass is 9.74. The highest BCUT2D eigenvalue weighted by Gasteiger charge is 2.33. The van der Waals surface area contributed by atoms with Crippen LogP contribution in [0.3, 0.4) is 0 Å². The normalized spacial score (nSPS) is 15.0. The maximum atomic E-state index is 14.2. The second kappa shape index (κ2) is 20.4. The molecule has 0 aliphatic heterocycles. The number of rotatable bonds is 17. The number of ketones is 2. The summed E-state index contributed by atoms with van der Waals surface area (Å²) >= 11 is 0. The SMILES string of the molecule is C=C(C)C(=O)OCC(COC(=O)C(=C)C)OC(=O)CCC(=O)Oc1ccc(C(C)C2=C/C(=C3/C=C(C(C)c4ccc(OC=O)cc4)C(=O)c4ccccc43)c3ccccc3C2=O)cc1. The summed E-state index contributed by atoms with van der Waals surface area (Å²) in [7, 11) is 0. The number of allylic oxidation sites excluding steroid dienone is 6. The second-order valence-electron chi connectivity index (χ2n) is 15.4. The van der Waals surface area contributed by atoms with Gasteiger partial charge < -0.3 is 23.7 Å². The van der Waals surface area contributed by atoms with Gasteiger partial charge >= 0.3 is 23.9 Å². The highest BCUT2D eigenvalue weighted by Crippen LogP contribution is 2.44. The molecule has 2 aliphatic carbocycles. The van der Waals surface area contributed by atoms with Crippen molar-refractivity contribution in [2.45, 2.75) is 58.5 Å². The molecule has 0 amide bonds. The summed E-state index contributed by atoms with van der Waals surface area (Å²) in [5.41, 5.74) is 7.08. The Labute approximate surface area is 370 Å². The maximum Gasteiger partial charge on any atom is 0.333 e. The van der Waals surface area contributed by atoms with Gasteiger partial charge in [-0.05, 0) is 83.7 Å². The molecule has 0 aromatic heterocycles. The van der Waals surface area contributed by atoms with Crippen LogP contribution >= 0.6 is 0 Å². The first-order chi connectivity index (χ1) is 30.7. The second-order valence-corrected chi connectivity index (χ2v) is 15.4. The van der Waals surface area contributed by atoms with Gasteiger partial charge in [-0.25, -0.2) is 9.59 Å². The van der Waals surface area contributed by atoms with Crippen molar-refractivity contribution in [3.8, 4) is 11.5 Å². The lowest BCUT2D eigenvalue weighted by molar-refractivity contribution is -0.165. The number of esters is 4. The molecular weight excluding hydrogens is 817 g/mol. The highest BCUT2D eigenvalue weighted by molar-refractivity contribution is 6.24.